The lowest BCUT2D eigenvalue weighted by Crippen LogP contribution is -2.44. The van der Waals surface area contributed by atoms with E-state index in [1.54, 1.807) is 36.3 Å². The van der Waals surface area contributed by atoms with Crippen LogP contribution >= 0.6 is 0 Å². The van der Waals surface area contributed by atoms with Crippen LogP contribution in [0.2, 0.25) is 0 Å². The molecule has 3 aliphatic carbocycles. The third-order valence-electron chi connectivity index (χ3n) is 9.06. The number of hydrogen-bond acceptors (Lipinski definition) is 4. The van der Waals surface area contributed by atoms with E-state index in [0.29, 0.717) is 24.4 Å². The summed E-state index contributed by atoms with van der Waals surface area (Å²) in [6.45, 7) is 12.4. The molecular formula is C40H51F4N3O. The molecule has 260 valence electrons. The molecule has 0 aliphatic heterocycles. The zero-order valence-corrected chi connectivity index (χ0v) is 29.5. The first-order valence-corrected chi connectivity index (χ1v) is 17.2. The first kappa shape index (κ1) is 38.7. The lowest BCUT2D eigenvalue weighted by Gasteiger charge is -2.46. The molecule has 1 aromatic heterocycles. The number of alkyl halides is 2. The maximum atomic E-state index is 15.2. The normalized spacial score (nSPS) is 20.7. The average molecular weight is 666 g/mol. The first-order chi connectivity index (χ1) is 22.9. The summed E-state index contributed by atoms with van der Waals surface area (Å²) in [7, 11) is 1.74. The number of carbonyl (C=O) groups excluding carboxylic acids is 1. The Bertz CT molecular complexity index is 1530. The number of aromatic nitrogens is 1. The van der Waals surface area contributed by atoms with E-state index in [9.17, 15) is 13.6 Å². The van der Waals surface area contributed by atoms with Gasteiger partial charge in [0.15, 0.2) is 5.78 Å². The fourth-order valence-corrected chi connectivity index (χ4v) is 6.34. The van der Waals surface area contributed by atoms with Gasteiger partial charge in [-0.1, -0.05) is 70.7 Å². The van der Waals surface area contributed by atoms with Gasteiger partial charge in [-0.05, 0) is 105 Å². The molecule has 3 aromatic rings. The Kier molecular flexibility index (Phi) is 14.2. The van der Waals surface area contributed by atoms with Crippen LogP contribution in [-0.4, -0.2) is 17.8 Å². The Hall–Kier alpha value is -3.78. The molecule has 1 saturated carbocycles. The van der Waals surface area contributed by atoms with Crippen LogP contribution in [0.3, 0.4) is 0 Å². The number of pyridine rings is 1. The fourth-order valence-electron chi connectivity index (χ4n) is 6.34. The van der Waals surface area contributed by atoms with E-state index >= 15 is 8.78 Å². The van der Waals surface area contributed by atoms with Crippen molar-refractivity contribution in [3.8, 4) is 0 Å². The summed E-state index contributed by atoms with van der Waals surface area (Å²) in [6.07, 6.45) is 8.54. The molecular weight excluding hydrogens is 614 g/mol. The molecule has 6 rings (SSSR count). The number of hydrazine groups is 1. The number of carbonyl (C=O) groups is 1. The summed E-state index contributed by atoms with van der Waals surface area (Å²) in [5, 5.41) is 1.80. The molecule has 48 heavy (non-hydrogen) atoms. The number of allylic oxidation sites excluding steroid dienone is 3. The highest BCUT2D eigenvalue weighted by Crippen LogP contribution is 2.54. The Balaban J connectivity index is 0.000000376. The average Bonchev–Trinajstić information content (AvgIpc) is 3.10. The number of fused-ring (bicyclic) bond motifs is 3. The summed E-state index contributed by atoms with van der Waals surface area (Å²) < 4.78 is 56.0. The van der Waals surface area contributed by atoms with Gasteiger partial charge in [-0.2, -0.15) is 0 Å². The van der Waals surface area contributed by atoms with Crippen molar-refractivity contribution in [1.82, 2.24) is 10.4 Å². The molecule has 1 heterocycles. The molecule has 0 saturated heterocycles. The van der Waals surface area contributed by atoms with E-state index in [-0.39, 0.29) is 41.5 Å². The number of rotatable bonds is 4. The van der Waals surface area contributed by atoms with E-state index in [2.05, 4.69) is 31.2 Å². The highest BCUT2D eigenvalue weighted by molar-refractivity contribution is 6.02. The number of Topliss-reactive ketones (excluding diaryl/α,β-unsaturated/α-hetero) is 1. The fraction of sp³-hybridized carbons (Fsp3) is 0.450. The van der Waals surface area contributed by atoms with Crippen LogP contribution < -0.4 is 10.4 Å². The van der Waals surface area contributed by atoms with Crippen LogP contribution in [0.25, 0.3) is 0 Å². The van der Waals surface area contributed by atoms with E-state index in [1.165, 1.54) is 55.4 Å². The Labute approximate surface area is 284 Å². The summed E-state index contributed by atoms with van der Waals surface area (Å²) in [5.74, 6) is -3.42. The predicted molar refractivity (Wildman–Crippen MR) is 188 cm³/mol. The van der Waals surface area contributed by atoms with Gasteiger partial charge in [0.05, 0.1) is 16.8 Å². The maximum Gasteiger partial charge on any atom is 0.273 e. The Morgan fingerprint density at radius 2 is 1.54 bits per heavy atom. The number of nitrogens with one attached hydrogen (secondary N) is 1. The molecule has 8 heteroatoms. The molecule has 4 nitrogen and oxygen atoms in total. The second kappa shape index (κ2) is 17.6. The van der Waals surface area contributed by atoms with Gasteiger partial charge in [0.25, 0.3) is 5.92 Å². The van der Waals surface area contributed by atoms with E-state index in [1.807, 2.05) is 26.8 Å². The number of halogens is 4. The summed E-state index contributed by atoms with van der Waals surface area (Å²) in [4.78, 5) is 18.2. The smallest absolute Gasteiger partial charge is 0.273 e. The minimum Gasteiger partial charge on any atom is -0.291 e. The van der Waals surface area contributed by atoms with Gasteiger partial charge in [0.1, 0.15) is 17.3 Å². The number of nitrogens with zero attached hydrogens (tertiary/aromatic N) is 2. The molecule has 1 fully saturated rings. The second-order valence-electron chi connectivity index (χ2n) is 12.6. The van der Waals surface area contributed by atoms with Crippen molar-refractivity contribution in [2.75, 3.05) is 12.1 Å². The van der Waals surface area contributed by atoms with Crippen molar-refractivity contribution < 1.29 is 22.4 Å². The number of hydrogen-bond donors (Lipinski definition) is 1. The highest BCUT2D eigenvalue weighted by atomic mass is 19.3. The van der Waals surface area contributed by atoms with Crippen molar-refractivity contribution in [1.29, 1.82) is 0 Å². The summed E-state index contributed by atoms with van der Waals surface area (Å²) in [6, 6.07) is 15.0. The van der Waals surface area contributed by atoms with Gasteiger partial charge < -0.3 is 0 Å². The number of unbranched alkanes of at least 4 members (excludes halogenated alkanes) is 1. The quantitative estimate of drug-likeness (QED) is 0.223. The molecule has 2 atom stereocenters. The number of aryl methyl sites for hydroxylation is 1. The topological polar surface area (TPSA) is 45.2 Å². The molecule has 0 unspecified atom stereocenters. The van der Waals surface area contributed by atoms with Gasteiger partial charge in [0, 0.05) is 25.2 Å². The highest BCUT2D eigenvalue weighted by Gasteiger charge is 2.50. The third-order valence-corrected chi connectivity index (χ3v) is 9.06. The lowest BCUT2D eigenvalue weighted by atomic mass is 9.58. The molecule has 1 N–H and O–H groups in total. The van der Waals surface area contributed by atoms with Crippen molar-refractivity contribution in [3.05, 3.63) is 118 Å². The SMILES string of the molecule is CC.CCCC.CNN(C1=C2CCC(F)(F)c3ccnc(c3)C(=O)[C@@]3(C2)C[C@@H](C)CCC3=C1)c1ccc(F)cc1.Cc1ccc(F)cc1. The van der Waals surface area contributed by atoms with Crippen molar-refractivity contribution >= 4 is 11.5 Å². The van der Waals surface area contributed by atoms with Crippen LogP contribution in [0.15, 0.2) is 89.8 Å². The molecule has 2 aromatic carbocycles. The second-order valence-corrected chi connectivity index (χ2v) is 12.6. The lowest BCUT2D eigenvalue weighted by molar-refractivity contribution is -0.0139. The minimum absolute atomic E-state index is 0.117. The number of ketones is 1. The molecule has 4 bridgehead atoms. The molecule has 0 radical (unpaired) electrons. The standard InChI is InChI=1S/C27H28F3N3O.C7H7F.C4H10.C2H6/c1-17-3-4-19-14-24(33(31-2)22-7-5-21(28)6-8-22)18-9-11-27(29,30)20-10-12-32-23(13-20)25(34)26(19,15-17)16-18;1-6-2-4-7(8)5-3-6;1-3-4-2;1-2/h5-8,10,12-14,17,31H,3-4,9,11,15-16H2,1-2H3;2-5H,1H3;3-4H2,1-2H3;1-2H3/t17-,26+;;;/m0.../s1. The summed E-state index contributed by atoms with van der Waals surface area (Å²) >= 11 is 0. The van der Waals surface area contributed by atoms with Gasteiger partial charge in [-0.3, -0.25) is 14.8 Å². The van der Waals surface area contributed by atoms with Crippen LogP contribution in [0.4, 0.5) is 23.2 Å². The first-order valence-electron chi connectivity index (χ1n) is 17.2. The van der Waals surface area contributed by atoms with Gasteiger partial charge in [-0.15, -0.1) is 0 Å². The van der Waals surface area contributed by atoms with Gasteiger partial charge in [0.2, 0.25) is 0 Å². The van der Waals surface area contributed by atoms with Crippen LogP contribution in [0.1, 0.15) is 108 Å². The van der Waals surface area contributed by atoms with E-state index < -0.39 is 11.3 Å². The monoisotopic (exact) mass is 665 g/mol. The number of benzene rings is 2. The largest absolute Gasteiger partial charge is 0.291 e. The number of anilines is 1. The molecule has 0 amide bonds. The van der Waals surface area contributed by atoms with Crippen LogP contribution in [0, 0.1) is 29.9 Å². The van der Waals surface area contributed by atoms with Crippen molar-refractivity contribution in [2.24, 2.45) is 11.3 Å². The van der Waals surface area contributed by atoms with Crippen molar-refractivity contribution in [2.45, 2.75) is 98.8 Å². The van der Waals surface area contributed by atoms with E-state index in [4.69, 9.17) is 0 Å². The Morgan fingerprint density at radius 1 is 0.938 bits per heavy atom. The van der Waals surface area contributed by atoms with Crippen LogP contribution in [-0.2, 0) is 5.92 Å². The zero-order chi connectivity index (χ0) is 35.5. The zero-order valence-electron chi connectivity index (χ0n) is 29.5. The van der Waals surface area contributed by atoms with E-state index in [0.717, 1.165) is 35.2 Å². The van der Waals surface area contributed by atoms with Gasteiger partial charge >= 0.3 is 0 Å². The molecule has 1 spiro atoms. The predicted octanol–water partition coefficient (Wildman–Crippen LogP) is 11.3. The molecule has 3 aliphatic rings. The van der Waals surface area contributed by atoms with Crippen LogP contribution in [0.5, 0.6) is 0 Å². The van der Waals surface area contributed by atoms with Crippen molar-refractivity contribution in [3.63, 3.8) is 0 Å². The van der Waals surface area contributed by atoms with Gasteiger partial charge in [-0.25, -0.2) is 23.0 Å². The summed E-state index contributed by atoms with van der Waals surface area (Å²) in [5.41, 5.74) is 6.69. The third kappa shape index (κ3) is 9.22. The Morgan fingerprint density at radius 3 is 2.10 bits per heavy atom. The minimum atomic E-state index is -3.08. The maximum absolute atomic E-state index is 15.2.